The van der Waals surface area contributed by atoms with Crippen LogP contribution < -0.4 is 10.6 Å². The number of nitrogens with one attached hydrogen (secondary N) is 2. The average molecular weight is 381 g/mol. The third-order valence-electron chi connectivity index (χ3n) is 3.48. The molecule has 0 aliphatic carbocycles. The van der Waals surface area contributed by atoms with Crippen LogP contribution in [0.3, 0.4) is 0 Å². The highest BCUT2D eigenvalue weighted by Gasteiger charge is 2.18. The third kappa shape index (κ3) is 11.7. The van der Waals surface area contributed by atoms with Crippen LogP contribution in [-0.4, -0.2) is 66.7 Å². The smallest absolute Gasteiger partial charge is 0.414 e. The van der Waals surface area contributed by atoms with Gasteiger partial charge in [-0.25, -0.2) is 9.59 Å². The molecular weight excluding hydrogens is 350 g/mol. The van der Waals surface area contributed by atoms with E-state index < -0.39 is 11.9 Å². The second-order valence-corrected chi connectivity index (χ2v) is 7.48. The van der Waals surface area contributed by atoms with Crippen molar-refractivity contribution in [2.45, 2.75) is 27.7 Å². The number of carbonyl (C=O) groups excluding carboxylic acids is 1. The van der Waals surface area contributed by atoms with Gasteiger partial charge < -0.3 is 25.7 Å². The second-order valence-electron chi connectivity index (χ2n) is 7.48. The van der Waals surface area contributed by atoms with Gasteiger partial charge in [-0.05, 0) is 50.6 Å². The van der Waals surface area contributed by atoms with Gasteiger partial charge in [0.25, 0.3) is 0 Å². The fraction of sp³-hybridized carbons (Fsp3) is 0.526. The Bertz CT molecular complexity index is 645. The van der Waals surface area contributed by atoms with Gasteiger partial charge in [0.1, 0.15) is 0 Å². The van der Waals surface area contributed by atoms with Crippen LogP contribution in [0.2, 0.25) is 0 Å². The fourth-order valence-electron chi connectivity index (χ4n) is 2.49. The van der Waals surface area contributed by atoms with Crippen molar-refractivity contribution in [2.24, 2.45) is 5.41 Å². The van der Waals surface area contributed by atoms with Gasteiger partial charge in [-0.15, -0.1) is 0 Å². The van der Waals surface area contributed by atoms with Gasteiger partial charge >= 0.3 is 11.9 Å². The van der Waals surface area contributed by atoms with Gasteiger partial charge in [-0.3, -0.25) is 4.79 Å². The Balaban J connectivity index is 0.000000972. The van der Waals surface area contributed by atoms with Crippen LogP contribution in [0.1, 0.15) is 25.0 Å². The van der Waals surface area contributed by atoms with Crippen molar-refractivity contribution >= 4 is 23.5 Å². The quantitative estimate of drug-likeness (QED) is 0.529. The summed E-state index contributed by atoms with van der Waals surface area (Å²) >= 11 is 0. The molecule has 8 heteroatoms. The van der Waals surface area contributed by atoms with Crippen LogP contribution >= 0.6 is 0 Å². The molecule has 0 aromatic heterocycles. The van der Waals surface area contributed by atoms with Gasteiger partial charge in [0, 0.05) is 18.8 Å². The van der Waals surface area contributed by atoms with E-state index in [-0.39, 0.29) is 11.3 Å². The van der Waals surface area contributed by atoms with E-state index in [0.29, 0.717) is 6.54 Å². The molecule has 1 rings (SSSR count). The van der Waals surface area contributed by atoms with E-state index in [1.54, 1.807) is 0 Å². The number of hydrogen-bond acceptors (Lipinski definition) is 5. The number of hydrogen-bond donors (Lipinski definition) is 4. The van der Waals surface area contributed by atoms with Gasteiger partial charge in [-0.2, -0.15) is 0 Å². The minimum Gasteiger partial charge on any atom is -0.473 e. The van der Waals surface area contributed by atoms with E-state index in [1.807, 2.05) is 32.0 Å². The highest BCUT2D eigenvalue weighted by atomic mass is 16.4. The number of aliphatic carboxylic acids is 2. The van der Waals surface area contributed by atoms with Crippen molar-refractivity contribution in [3.05, 3.63) is 29.3 Å². The molecule has 0 saturated carbocycles. The summed E-state index contributed by atoms with van der Waals surface area (Å²) in [6.07, 6.45) is 0. The summed E-state index contributed by atoms with van der Waals surface area (Å²) in [5.41, 5.74) is 3.27. The van der Waals surface area contributed by atoms with Crippen LogP contribution in [0.25, 0.3) is 0 Å². The maximum absolute atomic E-state index is 12.0. The maximum atomic E-state index is 12.0. The third-order valence-corrected chi connectivity index (χ3v) is 3.48. The molecule has 0 aliphatic rings. The average Bonchev–Trinajstić information content (AvgIpc) is 2.49. The number of aryl methyl sites for hydroxylation is 2. The predicted molar refractivity (Wildman–Crippen MR) is 105 cm³/mol. The molecule has 0 aliphatic heterocycles. The highest BCUT2D eigenvalue weighted by molar-refractivity contribution is 6.27. The second kappa shape index (κ2) is 11.3. The number of nitrogens with zero attached hydrogens (tertiary/aromatic N) is 1. The molecule has 1 amide bonds. The van der Waals surface area contributed by atoms with Gasteiger partial charge in [0.15, 0.2) is 0 Å². The molecule has 0 spiro atoms. The van der Waals surface area contributed by atoms with Crippen molar-refractivity contribution in [1.29, 1.82) is 0 Å². The van der Waals surface area contributed by atoms with Crippen LogP contribution in [0, 0.1) is 19.3 Å². The van der Waals surface area contributed by atoms with E-state index in [9.17, 15) is 4.79 Å². The lowest BCUT2D eigenvalue weighted by Crippen LogP contribution is -2.40. The Morgan fingerprint density at radius 3 is 2.11 bits per heavy atom. The van der Waals surface area contributed by atoms with E-state index >= 15 is 0 Å². The van der Waals surface area contributed by atoms with E-state index in [4.69, 9.17) is 19.8 Å². The lowest BCUT2D eigenvalue weighted by atomic mass is 9.93. The Morgan fingerprint density at radius 2 is 1.63 bits per heavy atom. The van der Waals surface area contributed by atoms with Crippen LogP contribution in [0.5, 0.6) is 0 Å². The molecule has 4 N–H and O–H groups in total. The number of carboxylic acids is 2. The standard InChI is InChI=1S/C17H29N3O.C2H2O4/c1-13-7-8-14(2)15(9-13)19-16(21)10-18-11-17(3,4)12-20(5)6;3-1(4)2(5)6/h7-9,18H,10-12H2,1-6H3,(H,19,21);(H,3,4)(H,5,6). The largest absolute Gasteiger partial charge is 0.473 e. The number of anilines is 1. The first kappa shape index (κ1) is 24.6. The van der Waals surface area contributed by atoms with Crippen LogP contribution in [0.15, 0.2) is 18.2 Å². The molecule has 0 atom stereocenters. The Hall–Kier alpha value is -2.45. The van der Waals surface area contributed by atoms with Crippen molar-refractivity contribution in [1.82, 2.24) is 10.2 Å². The summed E-state index contributed by atoms with van der Waals surface area (Å²) in [5, 5.41) is 21.0. The molecule has 0 fully saturated rings. The normalized spacial score (nSPS) is 10.8. The van der Waals surface area contributed by atoms with Crippen LogP contribution in [0.4, 0.5) is 5.69 Å². The zero-order valence-electron chi connectivity index (χ0n) is 16.9. The first-order chi connectivity index (χ1) is 12.3. The molecule has 8 nitrogen and oxygen atoms in total. The fourth-order valence-corrected chi connectivity index (χ4v) is 2.49. The summed E-state index contributed by atoms with van der Waals surface area (Å²) in [5.74, 6) is -3.64. The van der Waals surface area contributed by atoms with Crippen molar-refractivity contribution in [2.75, 3.05) is 39.0 Å². The molecule has 1 aromatic carbocycles. The molecule has 1 aromatic rings. The minimum atomic E-state index is -1.82. The molecule has 152 valence electrons. The van der Waals surface area contributed by atoms with E-state index in [2.05, 4.69) is 43.5 Å². The van der Waals surface area contributed by atoms with Gasteiger partial charge in [0.2, 0.25) is 5.91 Å². The lowest BCUT2D eigenvalue weighted by molar-refractivity contribution is -0.159. The van der Waals surface area contributed by atoms with Gasteiger partial charge in [0.05, 0.1) is 6.54 Å². The molecule has 0 saturated heterocycles. The number of carbonyl (C=O) groups is 3. The van der Waals surface area contributed by atoms with Crippen molar-refractivity contribution in [3.63, 3.8) is 0 Å². The highest BCUT2D eigenvalue weighted by Crippen LogP contribution is 2.16. The maximum Gasteiger partial charge on any atom is 0.414 e. The first-order valence-corrected chi connectivity index (χ1v) is 8.53. The summed E-state index contributed by atoms with van der Waals surface area (Å²) in [4.78, 5) is 32.4. The summed E-state index contributed by atoms with van der Waals surface area (Å²) in [7, 11) is 4.13. The zero-order chi connectivity index (χ0) is 21.2. The lowest BCUT2D eigenvalue weighted by Gasteiger charge is -2.28. The Morgan fingerprint density at radius 1 is 1.07 bits per heavy atom. The molecule has 0 radical (unpaired) electrons. The van der Waals surface area contributed by atoms with Crippen molar-refractivity contribution in [3.8, 4) is 0 Å². The molecule has 0 heterocycles. The zero-order valence-corrected chi connectivity index (χ0v) is 16.9. The monoisotopic (exact) mass is 381 g/mol. The Labute approximate surface area is 160 Å². The Kier molecular flexibility index (Phi) is 10.3. The number of amides is 1. The van der Waals surface area contributed by atoms with Crippen molar-refractivity contribution < 1.29 is 24.6 Å². The molecule has 27 heavy (non-hydrogen) atoms. The summed E-state index contributed by atoms with van der Waals surface area (Å²) in [6.45, 7) is 10.6. The van der Waals surface area contributed by atoms with Crippen LogP contribution in [-0.2, 0) is 14.4 Å². The van der Waals surface area contributed by atoms with Gasteiger partial charge in [-0.1, -0.05) is 26.0 Å². The summed E-state index contributed by atoms with van der Waals surface area (Å²) < 4.78 is 0. The number of carboxylic acid groups (broad SMARTS) is 2. The minimum absolute atomic E-state index is 0.00403. The predicted octanol–water partition coefficient (Wildman–Crippen LogP) is 1.57. The summed E-state index contributed by atoms with van der Waals surface area (Å²) in [6, 6.07) is 6.08. The number of rotatable bonds is 7. The number of benzene rings is 1. The van der Waals surface area contributed by atoms with E-state index in [1.165, 1.54) is 0 Å². The first-order valence-electron chi connectivity index (χ1n) is 8.53. The van der Waals surface area contributed by atoms with E-state index in [0.717, 1.165) is 29.9 Å². The SMILES string of the molecule is Cc1ccc(C)c(NC(=O)CNCC(C)(C)CN(C)C)c1.O=C(O)C(=O)O. The molecule has 0 unspecified atom stereocenters. The molecule has 0 bridgehead atoms. The topological polar surface area (TPSA) is 119 Å². The molecular formula is C19H31N3O5.